The highest BCUT2D eigenvalue weighted by Gasteiger charge is 2.25. The third-order valence-electron chi connectivity index (χ3n) is 3.94. The highest BCUT2D eigenvalue weighted by atomic mass is 35.5. The number of nitrogens with zero attached hydrogens (tertiary/aromatic N) is 3. The number of hydrogen-bond donors (Lipinski definition) is 0. The highest BCUT2D eigenvalue weighted by molar-refractivity contribution is 7.22. The molecular weight excluding hydrogens is 425 g/mol. The second-order valence-corrected chi connectivity index (χ2v) is 9.45. The largest absolute Gasteiger partial charge is 0.494 e. The van der Waals surface area contributed by atoms with Crippen LogP contribution in [0.5, 0.6) is 5.75 Å². The minimum Gasteiger partial charge on any atom is -0.494 e. The zero-order valence-electron chi connectivity index (χ0n) is 15.2. The Kier molecular flexibility index (Phi) is 6.60. The fourth-order valence-corrected chi connectivity index (χ4v) is 5.11. The van der Waals surface area contributed by atoms with E-state index in [4.69, 9.17) is 27.9 Å². The Labute approximate surface area is 176 Å². The summed E-state index contributed by atoms with van der Waals surface area (Å²) in [7, 11) is 5.62. The lowest BCUT2D eigenvalue weighted by Crippen LogP contribution is -2.33. The molecule has 0 aliphatic rings. The summed E-state index contributed by atoms with van der Waals surface area (Å²) >= 11 is 14.9. The van der Waals surface area contributed by atoms with E-state index in [1.54, 1.807) is 18.1 Å². The van der Waals surface area contributed by atoms with Crippen LogP contribution in [-0.4, -0.2) is 50.1 Å². The van der Waals surface area contributed by atoms with E-state index in [9.17, 15) is 4.79 Å². The number of thiophene rings is 1. The fraction of sp³-hybridized carbons (Fsp3) is 0.333. The SMILES string of the molecule is COc1cccc2sc(N(CCCN(C)C)C(=O)c3cc(Cl)sc3Cl)nc12. The van der Waals surface area contributed by atoms with Crippen molar-refractivity contribution in [3.63, 3.8) is 0 Å². The van der Waals surface area contributed by atoms with Gasteiger partial charge in [-0.1, -0.05) is 40.6 Å². The van der Waals surface area contributed by atoms with Crippen molar-refractivity contribution in [1.82, 2.24) is 9.88 Å². The maximum absolute atomic E-state index is 13.2. The molecule has 3 rings (SSSR count). The lowest BCUT2D eigenvalue weighted by molar-refractivity contribution is 0.0986. The van der Waals surface area contributed by atoms with Crippen LogP contribution < -0.4 is 9.64 Å². The average Bonchev–Trinajstić information content (AvgIpc) is 3.20. The van der Waals surface area contributed by atoms with Crippen molar-refractivity contribution in [3.05, 3.63) is 38.5 Å². The lowest BCUT2D eigenvalue weighted by Gasteiger charge is -2.20. The van der Waals surface area contributed by atoms with E-state index in [0.29, 0.717) is 31.7 Å². The number of aromatic nitrogens is 1. The Morgan fingerprint density at radius 2 is 2.00 bits per heavy atom. The predicted octanol–water partition coefficient (Wildman–Crippen LogP) is 5.27. The summed E-state index contributed by atoms with van der Waals surface area (Å²) in [5.41, 5.74) is 1.16. The van der Waals surface area contributed by atoms with Crippen molar-refractivity contribution in [2.75, 3.05) is 39.2 Å². The van der Waals surface area contributed by atoms with E-state index in [0.717, 1.165) is 23.2 Å². The van der Waals surface area contributed by atoms with E-state index in [1.165, 1.54) is 22.7 Å². The lowest BCUT2D eigenvalue weighted by atomic mass is 10.3. The fourth-order valence-electron chi connectivity index (χ4n) is 2.65. The summed E-state index contributed by atoms with van der Waals surface area (Å²) < 4.78 is 7.24. The van der Waals surface area contributed by atoms with Gasteiger partial charge in [-0.3, -0.25) is 9.69 Å². The van der Waals surface area contributed by atoms with Crippen molar-refractivity contribution in [2.24, 2.45) is 0 Å². The Morgan fingerprint density at radius 3 is 2.63 bits per heavy atom. The molecule has 5 nitrogen and oxygen atoms in total. The molecule has 0 saturated carbocycles. The Morgan fingerprint density at radius 1 is 1.22 bits per heavy atom. The van der Waals surface area contributed by atoms with Gasteiger partial charge in [0.2, 0.25) is 0 Å². The van der Waals surface area contributed by atoms with Crippen LogP contribution in [0.1, 0.15) is 16.8 Å². The van der Waals surface area contributed by atoms with Crippen LogP contribution in [0.3, 0.4) is 0 Å². The molecule has 0 fully saturated rings. The van der Waals surface area contributed by atoms with Crippen molar-refractivity contribution in [1.29, 1.82) is 0 Å². The number of fused-ring (bicyclic) bond motifs is 1. The minimum absolute atomic E-state index is 0.195. The average molecular weight is 444 g/mol. The number of para-hydroxylation sites is 1. The highest BCUT2D eigenvalue weighted by Crippen LogP contribution is 2.37. The van der Waals surface area contributed by atoms with Gasteiger partial charge in [0.25, 0.3) is 5.91 Å². The molecular formula is C18H19Cl2N3O2S2. The summed E-state index contributed by atoms with van der Waals surface area (Å²) in [6, 6.07) is 7.36. The Bertz CT molecular complexity index is 955. The number of amides is 1. The number of methoxy groups -OCH3 is 1. The first kappa shape index (κ1) is 20.4. The molecule has 1 amide bonds. The van der Waals surface area contributed by atoms with E-state index < -0.39 is 0 Å². The van der Waals surface area contributed by atoms with Gasteiger partial charge < -0.3 is 9.64 Å². The molecule has 1 aromatic carbocycles. The number of anilines is 1. The molecule has 144 valence electrons. The van der Waals surface area contributed by atoms with Gasteiger partial charge in [-0.25, -0.2) is 4.98 Å². The number of halogens is 2. The monoisotopic (exact) mass is 443 g/mol. The van der Waals surface area contributed by atoms with Gasteiger partial charge in [-0.15, -0.1) is 11.3 Å². The zero-order chi connectivity index (χ0) is 19.6. The Hall–Kier alpha value is -1.38. The predicted molar refractivity (Wildman–Crippen MR) is 115 cm³/mol. The van der Waals surface area contributed by atoms with Gasteiger partial charge in [0, 0.05) is 6.54 Å². The number of carbonyl (C=O) groups is 1. The van der Waals surface area contributed by atoms with E-state index >= 15 is 0 Å². The van der Waals surface area contributed by atoms with Crippen molar-refractivity contribution < 1.29 is 9.53 Å². The Balaban J connectivity index is 1.99. The molecule has 0 radical (unpaired) electrons. The van der Waals surface area contributed by atoms with Gasteiger partial charge in [0.05, 0.1) is 21.7 Å². The van der Waals surface area contributed by atoms with Gasteiger partial charge in [-0.2, -0.15) is 0 Å². The maximum Gasteiger partial charge on any atom is 0.262 e. The summed E-state index contributed by atoms with van der Waals surface area (Å²) in [6.45, 7) is 1.39. The molecule has 0 spiro atoms. The molecule has 9 heteroatoms. The number of benzene rings is 1. The van der Waals surface area contributed by atoms with Crippen LogP contribution in [-0.2, 0) is 0 Å². The van der Waals surface area contributed by atoms with Gasteiger partial charge in [0.15, 0.2) is 5.13 Å². The molecule has 2 heterocycles. The molecule has 3 aromatic rings. The third-order valence-corrected chi connectivity index (χ3v) is 6.47. The van der Waals surface area contributed by atoms with Gasteiger partial charge in [-0.05, 0) is 45.3 Å². The molecule has 0 atom stereocenters. The normalized spacial score (nSPS) is 11.3. The molecule has 0 aliphatic heterocycles. The summed E-state index contributed by atoms with van der Waals surface area (Å²) in [5, 5.41) is 0.622. The minimum atomic E-state index is -0.195. The van der Waals surface area contributed by atoms with Crippen LogP contribution >= 0.6 is 45.9 Å². The molecule has 0 unspecified atom stereocenters. The molecule has 0 N–H and O–H groups in total. The van der Waals surface area contributed by atoms with Crippen LogP contribution in [0, 0.1) is 0 Å². The van der Waals surface area contributed by atoms with Crippen molar-refractivity contribution in [2.45, 2.75) is 6.42 Å². The third kappa shape index (κ3) is 4.55. The molecule has 27 heavy (non-hydrogen) atoms. The standard InChI is InChI=1S/C18H19Cl2N3O2S2/c1-22(2)8-5-9-23(17(24)11-10-14(19)27-16(11)20)18-21-15-12(25-3)6-4-7-13(15)26-18/h4,6-7,10H,5,8-9H2,1-3H3. The quantitative estimate of drug-likeness (QED) is 0.498. The second-order valence-electron chi connectivity index (χ2n) is 6.15. The van der Waals surface area contributed by atoms with Crippen molar-refractivity contribution in [3.8, 4) is 5.75 Å². The molecule has 0 bridgehead atoms. The van der Waals surface area contributed by atoms with Crippen LogP contribution in [0.2, 0.25) is 8.67 Å². The molecule has 2 aromatic heterocycles. The van der Waals surface area contributed by atoms with E-state index in [2.05, 4.69) is 9.88 Å². The number of ether oxygens (including phenoxy) is 1. The molecule has 0 aliphatic carbocycles. The van der Waals surface area contributed by atoms with Gasteiger partial charge >= 0.3 is 0 Å². The number of hydrogen-bond acceptors (Lipinski definition) is 6. The van der Waals surface area contributed by atoms with Crippen LogP contribution in [0.4, 0.5) is 5.13 Å². The summed E-state index contributed by atoms with van der Waals surface area (Å²) in [6.07, 6.45) is 0.807. The zero-order valence-corrected chi connectivity index (χ0v) is 18.3. The smallest absolute Gasteiger partial charge is 0.262 e. The maximum atomic E-state index is 13.2. The summed E-state index contributed by atoms with van der Waals surface area (Å²) in [5.74, 6) is 0.493. The second kappa shape index (κ2) is 8.75. The first-order chi connectivity index (χ1) is 12.9. The van der Waals surface area contributed by atoms with E-state index in [1.807, 2.05) is 32.3 Å². The first-order valence-corrected chi connectivity index (χ1v) is 10.6. The number of carbonyl (C=O) groups excluding carboxylic acids is 1. The van der Waals surface area contributed by atoms with Crippen LogP contribution in [0.25, 0.3) is 10.2 Å². The first-order valence-electron chi connectivity index (χ1n) is 8.25. The number of rotatable bonds is 7. The number of thiazole rings is 1. The van der Waals surface area contributed by atoms with Gasteiger partial charge in [0.1, 0.15) is 15.6 Å². The summed E-state index contributed by atoms with van der Waals surface area (Å²) in [4.78, 5) is 21.6. The molecule has 0 saturated heterocycles. The van der Waals surface area contributed by atoms with Crippen LogP contribution in [0.15, 0.2) is 24.3 Å². The van der Waals surface area contributed by atoms with E-state index in [-0.39, 0.29) is 5.91 Å². The topological polar surface area (TPSA) is 45.7 Å². The van der Waals surface area contributed by atoms with Crippen molar-refractivity contribution >= 4 is 67.1 Å².